The second kappa shape index (κ2) is 15.8. The first kappa shape index (κ1) is 40.9. The van der Waals surface area contributed by atoms with Gasteiger partial charge in [-0.2, -0.15) is 0 Å². The Bertz CT molecular complexity index is 4210. The monoisotopic (exact) mass is 923 g/mol. The standard InChI is InChI=1S/C67H49N5/c1-42-33-34-65-56(35-42)54-22-7-13-30-63(54)71(65)48-38-44(36-46(40-48)69-59-26-9-3-18-50(59)51-19-4-10-27-60(51)69)57-24-16-25-58(68-57)45-37-47(70-61-28-11-5-20-52(61)53-21-6-12-29-62(53)70)41-49(39-45)72-64-31-14-8-23-55(64)67-43(2)17-15-32-66(67)72/h3-34,36-43,67H,35H2,1-2H3. The molecule has 72 heavy (non-hydrogen) atoms. The number of fused-ring (bicyclic) bond motifs is 12. The smallest absolute Gasteiger partial charge is 0.0711 e. The van der Waals surface area contributed by atoms with E-state index < -0.39 is 0 Å². The van der Waals surface area contributed by atoms with Crippen molar-refractivity contribution in [1.82, 2.24) is 18.7 Å². The van der Waals surface area contributed by atoms with Gasteiger partial charge in [0, 0.05) is 83.8 Å². The molecule has 0 bridgehead atoms. The summed E-state index contributed by atoms with van der Waals surface area (Å²) < 4.78 is 7.37. The summed E-state index contributed by atoms with van der Waals surface area (Å²) >= 11 is 0. The molecule has 0 spiro atoms. The van der Waals surface area contributed by atoms with Crippen LogP contribution in [0.25, 0.3) is 100 Å². The van der Waals surface area contributed by atoms with Crippen LogP contribution in [0.2, 0.25) is 0 Å². The molecule has 0 amide bonds. The van der Waals surface area contributed by atoms with Crippen LogP contribution >= 0.6 is 0 Å². The molecule has 5 heteroatoms. The second-order valence-electron chi connectivity index (χ2n) is 20.1. The molecule has 3 atom stereocenters. The molecule has 8 aromatic carbocycles. The predicted octanol–water partition coefficient (Wildman–Crippen LogP) is 17.1. The van der Waals surface area contributed by atoms with Crippen LogP contribution in [0.4, 0.5) is 11.4 Å². The fourth-order valence-electron chi connectivity index (χ4n) is 12.7. The predicted molar refractivity (Wildman–Crippen MR) is 300 cm³/mol. The summed E-state index contributed by atoms with van der Waals surface area (Å²) in [5.41, 5.74) is 20.8. The van der Waals surface area contributed by atoms with Crippen molar-refractivity contribution in [2.45, 2.75) is 26.2 Å². The van der Waals surface area contributed by atoms with E-state index in [1.165, 1.54) is 82.7 Å². The zero-order valence-electron chi connectivity index (χ0n) is 40.1. The Hall–Kier alpha value is -8.93. The van der Waals surface area contributed by atoms with E-state index in [2.05, 4.69) is 263 Å². The zero-order valence-corrected chi connectivity index (χ0v) is 40.1. The zero-order chi connectivity index (χ0) is 47.6. The van der Waals surface area contributed by atoms with Crippen molar-refractivity contribution < 1.29 is 0 Å². The van der Waals surface area contributed by atoms with E-state index in [-0.39, 0.29) is 5.92 Å². The van der Waals surface area contributed by atoms with Gasteiger partial charge >= 0.3 is 0 Å². The van der Waals surface area contributed by atoms with E-state index in [1.54, 1.807) is 0 Å². The van der Waals surface area contributed by atoms with E-state index >= 15 is 0 Å². The molecule has 4 aromatic heterocycles. The van der Waals surface area contributed by atoms with Crippen molar-refractivity contribution >= 4 is 72.0 Å². The number of rotatable bonds is 6. The lowest BCUT2D eigenvalue weighted by atomic mass is 9.84. The van der Waals surface area contributed by atoms with Gasteiger partial charge in [0.2, 0.25) is 0 Å². The van der Waals surface area contributed by atoms with Crippen LogP contribution in [0.3, 0.4) is 0 Å². The minimum Gasteiger partial charge on any atom is -0.313 e. The third-order valence-electron chi connectivity index (χ3n) is 15.8. The SMILES string of the molecule is CC1C=Cc2c(c3ccccc3n2-c2cc(-c3cccc(-c4cc(N5C6=CC=CC(C)C6c6ccccc65)cc(-n5c6ccccc6c6ccccc65)c4)n3)cc(-n3c4ccccc4c4ccccc43)c2)C1. The first-order chi connectivity index (χ1) is 35.5. The van der Waals surface area contributed by atoms with Crippen LogP contribution in [0, 0.1) is 11.8 Å². The topological polar surface area (TPSA) is 30.9 Å². The molecular formula is C67H49N5. The number of para-hydroxylation sites is 6. The Morgan fingerprint density at radius 3 is 1.50 bits per heavy atom. The van der Waals surface area contributed by atoms with Crippen molar-refractivity contribution in [3.63, 3.8) is 0 Å². The van der Waals surface area contributed by atoms with Gasteiger partial charge in [-0.1, -0.05) is 147 Å². The lowest BCUT2D eigenvalue weighted by Gasteiger charge is -2.28. The van der Waals surface area contributed by atoms with Gasteiger partial charge in [-0.15, -0.1) is 0 Å². The molecule has 5 heterocycles. The number of nitrogens with zero attached hydrogens (tertiary/aromatic N) is 5. The minimum absolute atomic E-state index is 0.269. The number of allylic oxidation sites excluding steroid dienone is 5. The molecule has 1 aliphatic heterocycles. The maximum absolute atomic E-state index is 5.71. The third-order valence-corrected chi connectivity index (χ3v) is 15.8. The van der Waals surface area contributed by atoms with E-state index in [4.69, 9.17) is 4.98 Å². The summed E-state index contributed by atoms with van der Waals surface area (Å²) in [5, 5.41) is 6.26. The number of hydrogen-bond acceptors (Lipinski definition) is 2. The molecule has 0 saturated heterocycles. The lowest BCUT2D eigenvalue weighted by molar-refractivity contribution is 0.618. The summed E-state index contributed by atoms with van der Waals surface area (Å²) in [6.45, 7) is 4.66. The van der Waals surface area contributed by atoms with Gasteiger partial charge < -0.3 is 18.6 Å². The maximum Gasteiger partial charge on any atom is 0.0711 e. The van der Waals surface area contributed by atoms with Gasteiger partial charge in [0.15, 0.2) is 0 Å². The van der Waals surface area contributed by atoms with Gasteiger partial charge in [0.25, 0.3) is 0 Å². The van der Waals surface area contributed by atoms with Crippen molar-refractivity contribution in [3.05, 3.63) is 247 Å². The fraction of sp³-hybridized carbons (Fsp3) is 0.0896. The van der Waals surface area contributed by atoms with E-state index in [0.717, 1.165) is 51.7 Å². The van der Waals surface area contributed by atoms with Gasteiger partial charge in [-0.25, -0.2) is 4.98 Å². The van der Waals surface area contributed by atoms with E-state index in [1.807, 2.05) is 0 Å². The minimum atomic E-state index is 0.269. The van der Waals surface area contributed by atoms with Crippen molar-refractivity contribution in [2.24, 2.45) is 11.8 Å². The lowest BCUT2D eigenvalue weighted by Crippen LogP contribution is -2.18. The summed E-state index contributed by atoms with van der Waals surface area (Å²) in [6.07, 6.45) is 12.6. The summed E-state index contributed by atoms with van der Waals surface area (Å²) in [5.74, 6) is 1.11. The van der Waals surface area contributed by atoms with Crippen molar-refractivity contribution in [3.8, 4) is 39.6 Å². The summed E-state index contributed by atoms with van der Waals surface area (Å²) in [6, 6.07) is 73.8. The highest BCUT2D eigenvalue weighted by atomic mass is 15.2. The molecule has 5 nitrogen and oxygen atoms in total. The van der Waals surface area contributed by atoms with Crippen molar-refractivity contribution in [1.29, 1.82) is 0 Å². The Morgan fingerprint density at radius 1 is 0.444 bits per heavy atom. The second-order valence-corrected chi connectivity index (χ2v) is 20.1. The van der Waals surface area contributed by atoms with Crippen LogP contribution in [0.15, 0.2) is 230 Å². The first-order valence-electron chi connectivity index (χ1n) is 25.4. The number of benzene rings is 8. The molecule has 0 N–H and O–H groups in total. The molecule has 12 aromatic rings. The van der Waals surface area contributed by atoms with E-state index in [0.29, 0.717) is 11.8 Å². The molecule has 2 aliphatic carbocycles. The highest BCUT2D eigenvalue weighted by Gasteiger charge is 2.38. The highest BCUT2D eigenvalue weighted by molar-refractivity contribution is 6.10. The summed E-state index contributed by atoms with van der Waals surface area (Å²) in [7, 11) is 0. The largest absolute Gasteiger partial charge is 0.313 e. The van der Waals surface area contributed by atoms with E-state index in [9.17, 15) is 0 Å². The first-order valence-corrected chi connectivity index (χ1v) is 25.4. The van der Waals surface area contributed by atoms with Gasteiger partial charge in [-0.3, -0.25) is 0 Å². The molecule has 3 aliphatic rings. The Morgan fingerprint density at radius 2 is 0.917 bits per heavy atom. The van der Waals surface area contributed by atoms with Crippen LogP contribution in [-0.4, -0.2) is 18.7 Å². The molecular weight excluding hydrogens is 875 g/mol. The van der Waals surface area contributed by atoms with Crippen LogP contribution < -0.4 is 4.90 Å². The fourth-order valence-corrected chi connectivity index (χ4v) is 12.7. The maximum atomic E-state index is 5.71. The van der Waals surface area contributed by atoms with Gasteiger partial charge in [0.05, 0.1) is 39.0 Å². The molecule has 0 radical (unpaired) electrons. The Kier molecular flexibility index (Phi) is 8.97. The van der Waals surface area contributed by atoms with Gasteiger partial charge in [-0.05, 0) is 126 Å². The van der Waals surface area contributed by atoms with Crippen LogP contribution in [0.5, 0.6) is 0 Å². The summed E-state index contributed by atoms with van der Waals surface area (Å²) in [4.78, 5) is 8.21. The number of pyridine rings is 1. The van der Waals surface area contributed by atoms with Crippen LogP contribution in [-0.2, 0) is 6.42 Å². The molecule has 3 unspecified atom stereocenters. The molecule has 15 rings (SSSR count). The average molecular weight is 924 g/mol. The Balaban J connectivity index is 0.971. The van der Waals surface area contributed by atoms with Gasteiger partial charge in [0.1, 0.15) is 0 Å². The highest BCUT2D eigenvalue weighted by Crippen LogP contribution is 2.53. The Labute approximate surface area is 418 Å². The quantitative estimate of drug-likeness (QED) is 0.166. The van der Waals surface area contributed by atoms with Crippen LogP contribution in [0.1, 0.15) is 36.6 Å². The number of hydrogen-bond donors (Lipinski definition) is 0. The number of anilines is 2. The average Bonchev–Trinajstić information content (AvgIpc) is 4.16. The number of aromatic nitrogens is 4. The normalized spacial score (nSPS) is 17.1. The van der Waals surface area contributed by atoms with Crippen molar-refractivity contribution in [2.75, 3.05) is 4.90 Å². The third kappa shape index (κ3) is 6.10. The molecule has 0 fully saturated rings. The molecule has 342 valence electrons. The molecule has 0 saturated carbocycles.